The van der Waals surface area contributed by atoms with Crippen LogP contribution in [0.2, 0.25) is 0 Å². The molecule has 0 saturated carbocycles. The molecule has 3 unspecified atom stereocenters. The highest BCUT2D eigenvalue weighted by molar-refractivity contribution is 8.02. The fraction of sp³-hybridized carbons (Fsp3) is 0.864. The first-order valence-corrected chi connectivity index (χ1v) is 12.3. The van der Waals surface area contributed by atoms with Crippen LogP contribution in [-0.4, -0.2) is 70.0 Å². The summed E-state index contributed by atoms with van der Waals surface area (Å²) in [4.78, 5) is 41.8. The standard InChI is InChI=1S/C22H37N3O4S/c1-6-8-9-24-20(28)18-22-13(4)10-15(30-22)16(19(27)23-5)17(22)21(29)25(18)14(11-26)12(3)7-2/h12-18,26H,6-11H2,1-5H3,(H,23,27)(H,24,28)/t12-,13?,14-,15-,16+,17-,18?,22?/m0/s1. The maximum atomic E-state index is 13.9. The number of likely N-dealkylation sites (tertiary alicyclic amines) is 1. The summed E-state index contributed by atoms with van der Waals surface area (Å²) in [7, 11) is 1.61. The molecule has 3 N–H and O–H groups in total. The van der Waals surface area contributed by atoms with Crippen LogP contribution in [0.5, 0.6) is 0 Å². The van der Waals surface area contributed by atoms with Gasteiger partial charge in [-0.1, -0.05) is 40.5 Å². The summed E-state index contributed by atoms with van der Waals surface area (Å²) in [5.74, 6) is -1.14. The zero-order valence-electron chi connectivity index (χ0n) is 18.8. The lowest BCUT2D eigenvalue weighted by molar-refractivity contribution is -0.143. The van der Waals surface area contributed by atoms with Crippen molar-refractivity contribution in [2.75, 3.05) is 20.2 Å². The molecule has 170 valence electrons. The third-order valence-corrected chi connectivity index (χ3v) is 9.73. The first kappa shape index (κ1) is 23.4. The van der Waals surface area contributed by atoms with E-state index in [0.29, 0.717) is 6.54 Å². The fourth-order valence-corrected chi connectivity index (χ4v) is 8.29. The Morgan fingerprint density at radius 3 is 2.60 bits per heavy atom. The second kappa shape index (κ2) is 9.07. The van der Waals surface area contributed by atoms with Gasteiger partial charge < -0.3 is 20.6 Å². The molecular weight excluding hydrogens is 402 g/mol. The van der Waals surface area contributed by atoms with Crippen molar-refractivity contribution in [1.29, 1.82) is 0 Å². The van der Waals surface area contributed by atoms with E-state index < -0.39 is 28.7 Å². The third-order valence-electron chi connectivity index (χ3n) is 7.66. The molecule has 0 aromatic heterocycles. The van der Waals surface area contributed by atoms with Crippen LogP contribution in [0, 0.1) is 23.7 Å². The van der Waals surface area contributed by atoms with E-state index in [2.05, 4.69) is 24.5 Å². The number of hydrogen-bond donors (Lipinski definition) is 3. The van der Waals surface area contributed by atoms with Crippen LogP contribution in [0.4, 0.5) is 0 Å². The number of carbonyl (C=O) groups is 3. The van der Waals surface area contributed by atoms with E-state index in [4.69, 9.17) is 0 Å². The van der Waals surface area contributed by atoms with Crippen molar-refractivity contribution in [2.45, 2.75) is 75.5 Å². The van der Waals surface area contributed by atoms with E-state index in [1.807, 2.05) is 13.8 Å². The van der Waals surface area contributed by atoms with Gasteiger partial charge in [-0.2, -0.15) is 0 Å². The molecule has 0 aromatic rings. The average Bonchev–Trinajstić information content (AvgIpc) is 3.32. The number of thioether (sulfide) groups is 1. The van der Waals surface area contributed by atoms with E-state index in [9.17, 15) is 19.5 Å². The van der Waals surface area contributed by atoms with Crippen LogP contribution in [0.15, 0.2) is 0 Å². The summed E-state index contributed by atoms with van der Waals surface area (Å²) < 4.78 is -0.615. The Hall–Kier alpha value is -1.28. The predicted octanol–water partition coefficient (Wildman–Crippen LogP) is 1.39. The molecule has 3 heterocycles. The highest BCUT2D eigenvalue weighted by Gasteiger charge is 2.76. The Labute approximate surface area is 184 Å². The molecule has 30 heavy (non-hydrogen) atoms. The number of amides is 3. The lowest BCUT2D eigenvalue weighted by Crippen LogP contribution is -2.59. The number of nitrogens with one attached hydrogen (secondary N) is 2. The summed E-state index contributed by atoms with van der Waals surface area (Å²) >= 11 is 1.67. The number of carbonyl (C=O) groups excluding carboxylic acids is 3. The molecule has 0 radical (unpaired) electrons. The van der Waals surface area contributed by atoms with Gasteiger partial charge in [0.25, 0.3) is 0 Å². The first-order chi connectivity index (χ1) is 14.3. The highest BCUT2D eigenvalue weighted by Crippen LogP contribution is 2.68. The molecule has 0 aliphatic carbocycles. The Balaban J connectivity index is 2.07. The fourth-order valence-electron chi connectivity index (χ4n) is 5.88. The molecule has 3 rings (SSSR count). The predicted molar refractivity (Wildman–Crippen MR) is 118 cm³/mol. The minimum absolute atomic E-state index is 0.0519. The minimum atomic E-state index is -0.655. The average molecular weight is 440 g/mol. The van der Waals surface area contributed by atoms with Gasteiger partial charge in [-0.3, -0.25) is 14.4 Å². The molecule has 3 fully saturated rings. The smallest absolute Gasteiger partial charge is 0.244 e. The number of nitrogens with zero attached hydrogens (tertiary/aromatic N) is 1. The molecule has 8 atom stereocenters. The van der Waals surface area contributed by atoms with Crippen molar-refractivity contribution < 1.29 is 19.5 Å². The van der Waals surface area contributed by atoms with Crippen LogP contribution < -0.4 is 10.6 Å². The Morgan fingerprint density at radius 1 is 1.33 bits per heavy atom. The maximum Gasteiger partial charge on any atom is 0.244 e. The quantitative estimate of drug-likeness (QED) is 0.472. The molecule has 3 aliphatic rings. The zero-order chi connectivity index (χ0) is 22.2. The molecule has 8 heteroatoms. The van der Waals surface area contributed by atoms with Crippen molar-refractivity contribution in [1.82, 2.24) is 15.5 Å². The van der Waals surface area contributed by atoms with Crippen LogP contribution in [0.3, 0.4) is 0 Å². The molecule has 2 bridgehead atoms. The monoisotopic (exact) mass is 439 g/mol. The van der Waals surface area contributed by atoms with Gasteiger partial charge in [0, 0.05) is 18.8 Å². The van der Waals surface area contributed by atoms with Crippen molar-refractivity contribution in [2.24, 2.45) is 23.7 Å². The lowest BCUT2D eigenvalue weighted by Gasteiger charge is -2.41. The van der Waals surface area contributed by atoms with Gasteiger partial charge in [0.15, 0.2) is 0 Å². The van der Waals surface area contributed by atoms with Crippen LogP contribution >= 0.6 is 11.8 Å². The van der Waals surface area contributed by atoms with Gasteiger partial charge in [0.1, 0.15) is 6.04 Å². The highest BCUT2D eigenvalue weighted by atomic mass is 32.2. The maximum absolute atomic E-state index is 13.9. The van der Waals surface area contributed by atoms with E-state index in [0.717, 1.165) is 25.7 Å². The summed E-state index contributed by atoms with van der Waals surface area (Å²) in [5.41, 5.74) is 0. The van der Waals surface area contributed by atoms with E-state index >= 15 is 0 Å². The molecule has 3 saturated heterocycles. The second-order valence-corrected chi connectivity index (χ2v) is 10.7. The largest absolute Gasteiger partial charge is 0.394 e. The summed E-state index contributed by atoms with van der Waals surface area (Å²) in [6, 6.07) is -1.08. The second-order valence-electron chi connectivity index (χ2n) is 9.19. The SMILES string of the molecule is CCCCNC(=O)C1N([C@@H](CO)[C@@H](C)CC)C(=O)[C@@H]2[C@H](C(=O)NC)[C@@H]3CC(C)C12S3. The van der Waals surface area contributed by atoms with E-state index in [-0.39, 0.29) is 41.4 Å². The van der Waals surface area contributed by atoms with Crippen LogP contribution in [0.25, 0.3) is 0 Å². The molecular formula is C22H37N3O4S. The first-order valence-electron chi connectivity index (χ1n) is 11.4. The number of rotatable bonds is 9. The summed E-state index contributed by atoms with van der Waals surface area (Å²) in [5, 5.41) is 16.1. The number of hydrogen-bond acceptors (Lipinski definition) is 5. The van der Waals surface area contributed by atoms with E-state index in [1.165, 1.54) is 0 Å². The number of fused-ring (bicyclic) bond motifs is 1. The summed E-state index contributed by atoms with van der Waals surface area (Å²) in [6.45, 7) is 8.61. The zero-order valence-corrected chi connectivity index (χ0v) is 19.6. The van der Waals surface area contributed by atoms with Crippen LogP contribution in [-0.2, 0) is 14.4 Å². The lowest BCUT2D eigenvalue weighted by atomic mass is 9.66. The molecule has 0 aromatic carbocycles. The Bertz CT molecular complexity index is 689. The van der Waals surface area contributed by atoms with Gasteiger partial charge in [0.2, 0.25) is 17.7 Å². The van der Waals surface area contributed by atoms with Gasteiger partial charge in [-0.25, -0.2) is 0 Å². The topological polar surface area (TPSA) is 98.7 Å². The molecule has 3 amide bonds. The summed E-state index contributed by atoms with van der Waals surface area (Å²) in [6.07, 6.45) is 3.47. The van der Waals surface area contributed by atoms with Gasteiger partial charge in [0.05, 0.1) is 29.2 Å². The number of aliphatic hydroxyl groups excluding tert-OH is 1. The van der Waals surface area contributed by atoms with Crippen molar-refractivity contribution in [3.63, 3.8) is 0 Å². The molecule has 7 nitrogen and oxygen atoms in total. The Kier molecular flexibility index (Phi) is 7.07. The molecule has 1 spiro atoms. The normalized spacial score (nSPS) is 36.5. The third kappa shape index (κ3) is 3.34. The van der Waals surface area contributed by atoms with Crippen molar-refractivity contribution in [3.8, 4) is 0 Å². The van der Waals surface area contributed by atoms with Crippen molar-refractivity contribution >= 4 is 29.5 Å². The van der Waals surface area contributed by atoms with Gasteiger partial charge in [-0.05, 0) is 24.7 Å². The van der Waals surface area contributed by atoms with Crippen molar-refractivity contribution in [3.05, 3.63) is 0 Å². The van der Waals surface area contributed by atoms with Crippen LogP contribution in [0.1, 0.15) is 53.4 Å². The minimum Gasteiger partial charge on any atom is -0.394 e. The van der Waals surface area contributed by atoms with Gasteiger partial charge in [-0.15, -0.1) is 11.8 Å². The number of aliphatic hydroxyl groups is 1. The Morgan fingerprint density at radius 2 is 2.03 bits per heavy atom. The van der Waals surface area contributed by atoms with Gasteiger partial charge >= 0.3 is 0 Å². The molecule has 3 aliphatic heterocycles. The number of unbranched alkanes of at least 4 members (excludes halogenated alkanes) is 1. The van der Waals surface area contributed by atoms with E-state index in [1.54, 1.807) is 23.7 Å².